The van der Waals surface area contributed by atoms with Gasteiger partial charge in [-0.3, -0.25) is 0 Å². The topological polar surface area (TPSA) is 0 Å². The third-order valence-corrected chi connectivity index (χ3v) is 0. The molecule has 59 heavy (non-hydrogen) atoms. The molecule has 0 atom stereocenters. The third kappa shape index (κ3) is 429. The smallest absolute Gasteiger partial charge is 0 e. The molecule has 0 fully saturated rings. The van der Waals surface area contributed by atoms with E-state index in [4.69, 9.17) is 0 Å². The van der Waals surface area contributed by atoms with E-state index < -0.39 is 0 Å². The van der Waals surface area contributed by atoms with Gasteiger partial charge in [0.05, 0.1) is 0 Å². The zero-order valence-electron chi connectivity index (χ0n) is 34.5. The summed E-state index contributed by atoms with van der Waals surface area (Å²) < 4.78 is 0. The fraction of sp³-hybridized carbons (Fsp3) is 0. The molecule has 0 heterocycles. The maximum absolute atomic E-state index is 0. The Bertz CT molecular complexity index is 7.31. The van der Waals surface area contributed by atoms with Crippen LogP contribution in [0.5, 0.6) is 0 Å². The molecule has 0 unspecified atom stereocenters. The summed E-state index contributed by atoms with van der Waals surface area (Å²) in [6.07, 6.45) is 0. The molecule has 58 radical (unpaired) electrons. The molecule has 0 aromatic heterocycles. The van der Waals surface area contributed by atoms with Crippen LogP contribution in [0.2, 0.25) is 0 Å². The second kappa shape index (κ2) is 436. The van der Waals surface area contributed by atoms with E-state index in [-0.39, 0.29) is 1900 Å². The quantitative estimate of drug-likeness (QED) is 0.307. The average Bonchev–Trinajstić information content (AvgIpc) is 0. The van der Waals surface area contributed by atoms with E-state index in [0.717, 1.165) is 0 Å². The predicted molar refractivity (Wildman–Crippen MR) is 6.41 cm³/mol. The van der Waals surface area contributed by atoms with E-state index in [1.165, 1.54) is 0 Å². The van der Waals surface area contributed by atoms with Crippen LogP contribution >= 0.6 is 0 Å². The molecule has 0 aromatic carbocycles. The van der Waals surface area contributed by atoms with Gasteiger partial charge in [0.15, 0.2) is 0 Å². The zero-order valence-corrected chi connectivity index (χ0v) is 199. The first kappa shape index (κ1) is 447. The Labute approximate surface area is 1830 Å². The number of rotatable bonds is 0. The van der Waals surface area contributed by atoms with Gasteiger partial charge in [-0.2, -0.15) is 0 Å². The molecule has 0 amide bonds. The molecule has 0 saturated heterocycles. The van der Waals surface area contributed by atoms with Crippen molar-refractivity contribution in [1.82, 2.24) is 0 Å². The minimum atomic E-state index is 0. The van der Waals surface area contributed by atoms with Crippen molar-refractivity contribution in [3.8, 4) is 0 Å². The molecule has 0 rings (SSSR count). The summed E-state index contributed by atoms with van der Waals surface area (Å²) in [4.78, 5) is 0. The van der Waals surface area contributed by atoms with Crippen molar-refractivity contribution >= 4 is 0 Å². The van der Waals surface area contributed by atoms with Crippen LogP contribution in [0, 0.1) is 7.43 Å². The second-order valence-corrected chi connectivity index (χ2v) is 0. The van der Waals surface area contributed by atoms with Gasteiger partial charge in [0.1, 0.15) is 0 Å². The van der Waals surface area contributed by atoms with Crippen molar-refractivity contribution in [1.29, 1.82) is 0 Å². The van der Waals surface area contributed by atoms with Gasteiger partial charge in [-0.1, -0.05) is 0 Å². The fourth-order valence-electron chi connectivity index (χ4n) is 0. The van der Waals surface area contributed by atoms with E-state index >= 15 is 0 Å². The normalized spacial score (nSPS) is 0. The number of hydrogen-bond acceptors (Lipinski definition) is 0. The molecule has 0 spiro atoms. The van der Waals surface area contributed by atoms with Crippen LogP contribution in [0.25, 0.3) is 0 Å². The van der Waals surface area contributed by atoms with E-state index in [1.807, 2.05) is 0 Å². The second-order valence-electron chi connectivity index (χ2n) is 0. The molecular formula is CH3Y58-. The van der Waals surface area contributed by atoms with Gasteiger partial charge < -0.3 is 7.43 Å². The first-order chi connectivity index (χ1) is 0. The van der Waals surface area contributed by atoms with Gasteiger partial charge in [0.2, 0.25) is 0 Å². The predicted octanol–water partition coefficient (Wildman–Crippen LogP) is 0.305. The largest absolute Gasteiger partial charge is 0.358 e. The Morgan fingerprint density at radius 3 is 0.0339 bits per heavy atom. The molecule has 0 N–H and O–H groups in total. The summed E-state index contributed by atoms with van der Waals surface area (Å²) in [5.74, 6) is 0. The van der Waals surface area contributed by atoms with Crippen LogP contribution in [0.15, 0.2) is 0 Å². The van der Waals surface area contributed by atoms with Crippen molar-refractivity contribution < 1.29 is 1900 Å². The van der Waals surface area contributed by atoms with Crippen molar-refractivity contribution in [2.45, 2.75) is 0 Å². The van der Waals surface area contributed by atoms with Gasteiger partial charge in [-0.25, -0.2) is 0 Å². The van der Waals surface area contributed by atoms with Crippen LogP contribution in [-0.2, 0) is 1900 Å². The standard InChI is InChI=1S/CH3.58Y/h1H3;;;;;;;;;;;;;;;;;;;;;;;;;;;;;;;;;;;;;;;;;;;;;;;;;;;;;;;;;;/q-1;;;;;;;;;;;;;;;;;;;;;;;;;;;;;;;;;;;;;;;;;;;;;;;;;;;;;;;;;;. The van der Waals surface area contributed by atoms with E-state index in [9.17, 15) is 0 Å². The molecule has 0 aliphatic heterocycles. The molecule has 0 saturated carbocycles. The van der Waals surface area contributed by atoms with Gasteiger partial charge in [0.25, 0.3) is 0 Å². The molecule has 0 aliphatic rings. The summed E-state index contributed by atoms with van der Waals surface area (Å²) in [5, 5.41) is 0. The summed E-state index contributed by atoms with van der Waals surface area (Å²) >= 11 is 0. The minimum Gasteiger partial charge on any atom is -0.358 e. The molecule has 0 aromatic rings. The third-order valence-electron chi connectivity index (χ3n) is 0. The van der Waals surface area contributed by atoms with Crippen LogP contribution in [0.4, 0.5) is 0 Å². The fourth-order valence-corrected chi connectivity index (χ4v) is 0. The van der Waals surface area contributed by atoms with Crippen LogP contribution in [0.3, 0.4) is 0 Å². The Kier molecular flexibility index (Phi) is 3300. The zero-order chi connectivity index (χ0) is 0. The summed E-state index contributed by atoms with van der Waals surface area (Å²) in [6.45, 7) is 0. The van der Waals surface area contributed by atoms with Gasteiger partial charge in [-0.05, 0) is 0 Å². The van der Waals surface area contributed by atoms with Crippen molar-refractivity contribution in [2.75, 3.05) is 0 Å². The van der Waals surface area contributed by atoms with E-state index in [1.54, 1.807) is 0 Å². The first-order valence-corrected chi connectivity index (χ1v) is 0. The summed E-state index contributed by atoms with van der Waals surface area (Å²) in [7, 11) is 0. The minimum absolute atomic E-state index is 0. The molecule has 0 nitrogen and oxygen atoms in total. The van der Waals surface area contributed by atoms with Gasteiger partial charge >= 0.3 is 0 Å². The monoisotopic (exact) mass is 5170 g/mol. The van der Waals surface area contributed by atoms with Gasteiger partial charge in [-0.15, -0.1) is 0 Å². The van der Waals surface area contributed by atoms with Crippen molar-refractivity contribution in [2.24, 2.45) is 0 Å². The van der Waals surface area contributed by atoms with Crippen molar-refractivity contribution in [3.05, 3.63) is 7.43 Å². The Balaban J connectivity index is 0. The average molecular weight is 5170 g/mol. The molecule has 182 valence electrons. The summed E-state index contributed by atoms with van der Waals surface area (Å²) in [5.41, 5.74) is 0. The maximum atomic E-state index is 0. The maximum Gasteiger partial charge on any atom is 0 e. The SMILES string of the molecule is [CH3-].[Y].[Y].[Y].[Y].[Y].[Y].[Y].[Y].[Y].[Y].[Y].[Y].[Y].[Y].[Y].[Y].[Y].[Y].[Y].[Y].[Y].[Y].[Y].[Y].[Y].[Y].[Y].[Y].[Y].[Y].[Y].[Y].[Y].[Y].[Y].[Y].[Y].[Y].[Y].[Y].[Y].[Y].[Y].[Y].[Y].[Y].[Y].[Y].[Y].[Y].[Y].[Y].[Y].[Y].[Y].[Y].[Y].[Y]. The van der Waals surface area contributed by atoms with Crippen LogP contribution < -0.4 is 0 Å². The molecular weight excluding hydrogens is 5170 g/mol. The Hall–Kier alpha value is 64.0. The van der Waals surface area contributed by atoms with Gasteiger partial charge in [0, 0.05) is 1900 Å². The molecule has 0 bridgehead atoms. The van der Waals surface area contributed by atoms with E-state index in [0.29, 0.717) is 0 Å². The first-order valence-electron chi connectivity index (χ1n) is 0. The van der Waals surface area contributed by atoms with Crippen LogP contribution in [0.1, 0.15) is 0 Å². The van der Waals surface area contributed by atoms with E-state index in [2.05, 4.69) is 0 Å². The summed E-state index contributed by atoms with van der Waals surface area (Å²) in [6, 6.07) is 0. The Morgan fingerprint density at radius 2 is 0.0339 bits per heavy atom. The van der Waals surface area contributed by atoms with Crippen LogP contribution in [-0.4, -0.2) is 0 Å². The Morgan fingerprint density at radius 1 is 0.0339 bits per heavy atom. The molecule has 0 aliphatic carbocycles. The molecule has 58 heteroatoms. The number of hydrogen-bond donors (Lipinski definition) is 0. The van der Waals surface area contributed by atoms with Crippen molar-refractivity contribution in [3.63, 3.8) is 0 Å².